The fourth-order valence-corrected chi connectivity index (χ4v) is 3.41. The summed E-state index contributed by atoms with van der Waals surface area (Å²) in [6.07, 6.45) is 7.43. The van der Waals surface area contributed by atoms with Crippen molar-refractivity contribution in [3.05, 3.63) is 110 Å². The van der Waals surface area contributed by atoms with Gasteiger partial charge in [-0.1, -0.05) is 23.7 Å². The number of aromatic hydroxyl groups is 1. The molecule has 156 valence electrons. The number of hydrogen-bond donors (Lipinski definition) is 2. The van der Waals surface area contributed by atoms with E-state index in [9.17, 15) is 19.5 Å². The highest BCUT2D eigenvalue weighted by Crippen LogP contribution is 2.14. The van der Waals surface area contributed by atoms with Gasteiger partial charge in [0.25, 0.3) is 11.5 Å². The van der Waals surface area contributed by atoms with Crippen LogP contribution < -0.4 is 16.3 Å². The van der Waals surface area contributed by atoms with Crippen LogP contribution in [0.5, 0.6) is 5.75 Å². The highest BCUT2D eigenvalue weighted by Gasteiger charge is 2.19. The fraction of sp³-hybridized carbons (Fsp3) is 0.0909. The van der Waals surface area contributed by atoms with E-state index in [4.69, 9.17) is 11.6 Å². The Morgan fingerprint density at radius 3 is 2.61 bits per heavy atom. The summed E-state index contributed by atoms with van der Waals surface area (Å²) in [6, 6.07) is 10.5. The molecule has 0 spiro atoms. The van der Waals surface area contributed by atoms with Crippen LogP contribution in [0.25, 0.3) is 5.52 Å². The summed E-state index contributed by atoms with van der Waals surface area (Å²) < 4.78 is 2.62. The minimum atomic E-state index is -0.912. The van der Waals surface area contributed by atoms with E-state index < -0.39 is 22.6 Å². The van der Waals surface area contributed by atoms with E-state index in [1.807, 2.05) is 6.07 Å². The smallest absolute Gasteiger partial charge is 0.279 e. The molecular weight excluding hydrogens is 420 g/mol. The van der Waals surface area contributed by atoms with Gasteiger partial charge < -0.3 is 19.4 Å². The topological polar surface area (TPSA) is 106 Å². The molecule has 3 aromatic heterocycles. The van der Waals surface area contributed by atoms with Crippen molar-refractivity contribution in [2.75, 3.05) is 0 Å². The Hall–Kier alpha value is -3.91. The Morgan fingerprint density at radius 2 is 1.87 bits per heavy atom. The highest BCUT2D eigenvalue weighted by molar-refractivity contribution is 6.30. The second kappa shape index (κ2) is 8.45. The molecule has 3 heterocycles. The van der Waals surface area contributed by atoms with Gasteiger partial charge in [-0.25, -0.2) is 0 Å². The Morgan fingerprint density at radius 1 is 1.10 bits per heavy atom. The zero-order chi connectivity index (χ0) is 22.0. The average Bonchev–Trinajstić information content (AvgIpc) is 2.77. The Kier molecular flexibility index (Phi) is 5.55. The largest absolute Gasteiger partial charge is 0.503 e. The van der Waals surface area contributed by atoms with Crippen LogP contribution in [-0.2, 0) is 13.1 Å². The van der Waals surface area contributed by atoms with Gasteiger partial charge in [0.2, 0.25) is 5.43 Å². The number of pyridine rings is 2. The van der Waals surface area contributed by atoms with Gasteiger partial charge >= 0.3 is 0 Å². The average molecular weight is 437 g/mol. The lowest BCUT2D eigenvalue weighted by Gasteiger charge is -2.11. The quantitative estimate of drug-likeness (QED) is 0.499. The molecule has 8 nitrogen and oxygen atoms in total. The van der Waals surface area contributed by atoms with Crippen molar-refractivity contribution >= 4 is 23.0 Å². The molecule has 0 radical (unpaired) electrons. The minimum Gasteiger partial charge on any atom is -0.503 e. The number of rotatable bonds is 5. The van der Waals surface area contributed by atoms with E-state index in [-0.39, 0.29) is 24.2 Å². The summed E-state index contributed by atoms with van der Waals surface area (Å²) >= 11 is 5.99. The van der Waals surface area contributed by atoms with Gasteiger partial charge in [0, 0.05) is 42.6 Å². The molecule has 4 rings (SSSR count). The maximum absolute atomic E-state index is 12.9. The summed E-state index contributed by atoms with van der Waals surface area (Å²) in [6.45, 7) is 0.392. The summed E-state index contributed by atoms with van der Waals surface area (Å²) in [7, 11) is 0. The SMILES string of the molecule is O=C(NCc1ccncc1)c1cn2ccn(Cc3cccc(Cl)c3)c(=O)c2c(O)c1=O. The number of nitrogens with one attached hydrogen (secondary N) is 1. The van der Waals surface area contributed by atoms with Crippen molar-refractivity contribution in [1.82, 2.24) is 19.3 Å². The van der Waals surface area contributed by atoms with E-state index in [1.165, 1.54) is 27.6 Å². The van der Waals surface area contributed by atoms with Crippen LogP contribution in [0.4, 0.5) is 0 Å². The van der Waals surface area contributed by atoms with Gasteiger partial charge in [-0.3, -0.25) is 19.4 Å². The molecule has 1 aromatic carbocycles. The van der Waals surface area contributed by atoms with Crippen LogP contribution in [0.1, 0.15) is 21.5 Å². The highest BCUT2D eigenvalue weighted by atomic mass is 35.5. The Labute approximate surface area is 181 Å². The zero-order valence-corrected chi connectivity index (χ0v) is 16.9. The van der Waals surface area contributed by atoms with Gasteiger partial charge in [-0.05, 0) is 35.4 Å². The van der Waals surface area contributed by atoms with Crippen molar-refractivity contribution in [2.24, 2.45) is 0 Å². The Balaban J connectivity index is 1.68. The first-order valence-electron chi connectivity index (χ1n) is 9.33. The third kappa shape index (κ3) is 4.19. The lowest BCUT2D eigenvalue weighted by Crippen LogP contribution is -2.31. The number of aromatic nitrogens is 3. The third-order valence-corrected chi connectivity index (χ3v) is 5.01. The predicted molar refractivity (Wildman–Crippen MR) is 116 cm³/mol. The predicted octanol–water partition coefficient (Wildman–Crippen LogP) is 2.19. The summed E-state index contributed by atoms with van der Waals surface area (Å²) in [5.74, 6) is -1.43. The molecule has 4 aromatic rings. The summed E-state index contributed by atoms with van der Waals surface area (Å²) in [5, 5.41) is 13.6. The number of halogens is 1. The first kappa shape index (κ1) is 20.4. The van der Waals surface area contributed by atoms with Crippen LogP contribution in [0.15, 0.2) is 77.0 Å². The van der Waals surface area contributed by atoms with Crippen LogP contribution in [0.2, 0.25) is 5.02 Å². The van der Waals surface area contributed by atoms with E-state index in [1.54, 1.807) is 42.7 Å². The van der Waals surface area contributed by atoms with Crippen LogP contribution in [-0.4, -0.2) is 25.0 Å². The van der Waals surface area contributed by atoms with Crippen molar-refractivity contribution < 1.29 is 9.90 Å². The molecule has 0 fully saturated rings. The van der Waals surface area contributed by atoms with E-state index in [0.29, 0.717) is 5.02 Å². The van der Waals surface area contributed by atoms with Crippen LogP contribution in [0, 0.1) is 0 Å². The molecule has 0 aliphatic rings. The number of nitrogens with zero attached hydrogens (tertiary/aromatic N) is 3. The van der Waals surface area contributed by atoms with Gasteiger partial charge in [0.15, 0.2) is 11.3 Å². The lowest BCUT2D eigenvalue weighted by atomic mass is 10.2. The zero-order valence-electron chi connectivity index (χ0n) is 16.2. The Bertz CT molecular complexity index is 1400. The van der Waals surface area contributed by atoms with Gasteiger partial charge in [0.1, 0.15) is 5.56 Å². The molecule has 0 aliphatic heterocycles. The standard InChI is InChI=1S/C22H17ClN4O4/c23-16-3-1-2-15(10-16)12-27-9-8-26-13-17(19(28)20(29)18(26)22(27)31)21(30)25-11-14-4-6-24-7-5-14/h1-10,13,29H,11-12H2,(H,25,30). The molecule has 0 aliphatic carbocycles. The van der Waals surface area contributed by atoms with Crippen molar-refractivity contribution in [2.45, 2.75) is 13.1 Å². The maximum Gasteiger partial charge on any atom is 0.279 e. The molecule has 0 unspecified atom stereocenters. The van der Waals surface area contributed by atoms with Crippen molar-refractivity contribution in [1.29, 1.82) is 0 Å². The number of carbonyl (C=O) groups is 1. The fourth-order valence-electron chi connectivity index (χ4n) is 3.20. The molecule has 1 amide bonds. The third-order valence-electron chi connectivity index (χ3n) is 4.77. The molecule has 31 heavy (non-hydrogen) atoms. The number of fused-ring (bicyclic) bond motifs is 1. The molecular formula is C22H17ClN4O4. The van der Waals surface area contributed by atoms with Gasteiger partial charge in [0.05, 0.1) is 6.54 Å². The van der Waals surface area contributed by atoms with E-state index in [0.717, 1.165) is 11.1 Å². The lowest BCUT2D eigenvalue weighted by molar-refractivity contribution is 0.0949. The minimum absolute atomic E-state index is 0.186. The molecule has 9 heteroatoms. The first-order chi connectivity index (χ1) is 14.9. The second-order valence-corrected chi connectivity index (χ2v) is 7.31. The molecule has 0 atom stereocenters. The monoisotopic (exact) mass is 436 g/mol. The molecule has 0 saturated heterocycles. The second-order valence-electron chi connectivity index (χ2n) is 6.88. The van der Waals surface area contributed by atoms with Crippen LogP contribution in [0.3, 0.4) is 0 Å². The van der Waals surface area contributed by atoms with Crippen molar-refractivity contribution in [3.63, 3.8) is 0 Å². The van der Waals surface area contributed by atoms with Crippen molar-refractivity contribution in [3.8, 4) is 5.75 Å². The van der Waals surface area contributed by atoms with E-state index in [2.05, 4.69) is 10.3 Å². The number of amides is 1. The number of hydrogen-bond acceptors (Lipinski definition) is 5. The number of benzene rings is 1. The molecule has 0 bridgehead atoms. The number of carbonyl (C=O) groups excluding carboxylic acids is 1. The van der Waals surface area contributed by atoms with E-state index >= 15 is 0 Å². The molecule has 2 N–H and O–H groups in total. The first-order valence-corrected chi connectivity index (χ1v) is 9.71. The summed E-state index contributed by atoms with van der Waals surface area (Å²) in [4.78, 5) is 41.9. The summed E-state index contributed by atoms with van der Waals surface area (Å²) in [5.41, 5.74) is -0.368. The maximum atomic E-state index is 12.9. The van der Waals surface area contributed by atoms with Crippen LogP contribution >= 0.6 is 11.6 Å². The van der Waals surface area contributed by atoms with Gasteiger partial charge in [-0.15, -0.1) is 0 Å². The van der Waals surface area contributed by atoms with Gasteiger partial charge in [-0.2, -0.15) is 0 Å². The normalized spacial score (nSPS) is 10.9. The molecule has 0 saturated carbocycles.